The standard InChI is InChI=1S/C24H29F3N4O2/c1-2-3-19(23(28)32)30-22(24(25,26)27)16-5-6-17-18-12-15(14-31-10-8-29-9-11-31)4-7-20(18)33-21(17)13-16/h4-7,12-13,19,22,29-30H,2-3,8-11,14H2,1H3,(H2,28,32)/t19?,22-/m0/s1. The van der Waals surface area contributed by atoms with Crippen LogP contribution in [0.5, 0.6) is 0 Å². The third kappa shape index (κ3) is 5.31. The van der Waals surface area contributed by atoms with Gasteiger partial charge in [-0.1, -0.05) is 31.5 Å². The molecule has 0 radical (unpaired) electrons. The number of halogens is 3. The first-order valence-corrected chi connectivity index (χ1v) is 11.3. The van der Waals surface area contributed by atoms with Gasteiger partial charge in [-0.05, 0) is 35.7 Å². The van der Waals surface area contributed by atoms with Crippen molar-refractivity contribution in [2.24, 2.45) is 5.73 Å². The minimum Gasteiger partial charge on any atom is -0.456 e. The van der Waals surface area contributed by atoms with Crippen molar-refractivity contribution in [1.82, 2.24) is 15.5 Å². The lowest BCUT2D eigenvalue weighted by Crippen LogP contribution is -2.47. The molecule has 0 saturated carbocycles. The number of carbonyl (C=O) groups excluding carboxylic acids is 1. The van der Waals surface area contributed by atoms with Crippen molar-refractivity contribution in [1.29, 1.82) is 0 Å². The molecule has 2 aromatic carbocycles. The van der Waals surface area contributed by atoms with Gasteiger partial charge in [0.1, 0.15) is 17.2 Å². The topological polar surface area (TPSA) is 83.5 Å². The molecule has 4 rings (SSSR count). The zero-order valence-electron chi connectivity index (χ0n) is 18.5. The molecule has 9 heteroatoms. The van der Waals surface area contributed by atoms with E-state index in [-0.39, 0.29) is 12.0 Å². The largest absolute Gasteiger partial charge is 0.456 e. The zero-order chi connectivity index (χ0) is 23.6. The molecule has 1 aliphatic heterocycles. The molecule has 6 nitrogen and oxygen atoms in total. The number of nitrogens with one attached hydrogen (secondary N) is 2. The van der Waals surface area contributed by atoms with Gasteiger partial charge in [-0.3, -0.25) is 15.0 Å². The molecular weight excluding hydrogens is 433 g/mol. The number of nitrogens with zero attached hydrogens (tertiary/aromatic N) is 1. The van der Waals surface area contributed by atoms with Crippen LogP contribution in [0, 0.1) is 0 Å². The van der Waals surface area contributed by atoms with Gasteiger partial charge in [-0.2, -0.15) is 13.2 Å². The first-order valence-electron chi connectivity index (χ1n) is 11.3. The van der Waals surface area contributed by atoms with E-state index in [9.17, 15) is 18.0 Å². The van der Waals surface area contributed by atoms with Crippen molar-refractivity contribution in [2.75, 3.05) is 26.2 Å². The second kappa shape index (κ2) is 9.70. The summed E-state index contributed by atoms with van der Waals surface area (Å²) in [7, 11) is 0. The van der Waals surface area contributed by atoms with Crippen LogP contribution in [-0.2, 0) is 11.3 Å². The first kappa shape index (κ1) is 23.5. The maximum absolute atomic E-state index is 13.9. The molecule has 1 aromatic heterocycles. The number of primary amides is 1. The summed E-state index contributed by atoms with van der Waals surface area (Å²) < 4.78 is 47.6. The Balaban J connectivity index is 1.65. The molecule has 1 fully saturated rings. The third-order valence-electron chi connectivity index (χ3n) is 6.12. The number of benzene rings is 2. The number of piperazine rings is 1. The van der Waals surface area contributed by atoms with E-state index in [1.807, 2.05) is 18.2 Å². The molecule has 178 valence electrons. The Morgan fingerprint density at radius 3 is 2.58 bits per heavy atom. The Bertz CT molecular complexity index is 1120. The molecule has 1 aliphatic rings. The van der Waals surface area contributed by atoms with Gasteiger partial charge in [-0.15, -0.1) is 0 Å². The highest BCUT2D eigenvalue weighted by molar-refractivity contribution is 6.05. The van der Waals surface area contributed by atoms with Crippen LogP contribution in [0.15, 0.2) is 40.8 Å². The second-order valence-corrected chi connectivity index (χ2v) is 8.60. The number of alkyl halides is 3. The van der Waals surface area contributed by atoms with Gasteiger partial charge in [0.15, 0.2) is 0 Å². The molecule has 33 heavy (non-hydrogen) atoms. The molecule has 0 bridgehead atoms. The SMILES string of the molecule is CCCC(N[C@@H](c1ccc2c(c1)oc1ccc(CN3CCNCC3)cc12)C(F)(F)F)C(N)=O. The summed E-state index contributed by atoms with van der Waals surface area (Å²) in [5.74, 6) is -0.798. The number of amides is 1. The van der Waals surface area contributed by atoms with Crippen LogP contribution in [0.4, 0.5) is 13.2 Å². The lowest BCUT2D eigenvalue weighted by molar-refractivity contribution is -0.160. The van der Waals surface area contributed by atoms with Crippen molar-refractivity contribution < 1.29 is 22.4 Å². The van der Waals surface area contributed by atoms with Crippen LogP contribution in [0.1, 0.15) is 36.9 Å². The molecule has 2 heterocycles. The summed E-state index contributed by atoms with van der Waals surface area (Å²) in [6, 6.07) is 7.32. The van der Waals surface area contributed by atoms with Crippen molar-refractivity contribution in [2.45, 2.75) is 44.6 Å². The monoisotopic (exact) mass is 462 g/mol. The van der Waals surface area contributed by atoms with Crippen LogP contribution < -0.4 is 16.4 Å². The first-order chi connectivity index (χ1) is 15.8. The third-order valence-corrected chi connectivity index (χ3v) is 6.12. The highest BCUT2D eigenvalue weighted by atomic mass is 19.4. The maximum atomic E-state index is 13.9. The number of nitrogens with two attached hydrogens (primary N) is 1. The molecule has 4 N–H and O–H groups in total. The summed E-state index contributed by atoms with van der Waals surface area (Å²) in [5.41, 5.74) is 7.45. The smallest absolute Gasteiger partial charge is 0.407 e. The fraction of sp³-hybridized carbons (Fsp3) is 0.458. The van der Waals surface area contributed by atoms with Gasteiger partial charge in [0.2, 0.25) is 5.91 Å². The van der Waals surface area contributed by atoms with Gasteiger partial charge in [0.25, 0.3) is 0 Å². The van der Waals surface area contributed by atoms with Crippen LogP contribution >= 0.6 is 0 Å². The summed E-state index contributed by atoms with van der Waals surface area (Å²) >= 11 is 0. The van der Waals surface area contributed by atoms with Gasteiger partial charge < -0.3 is 15.5 Å². The Labute approximate surface area is 190 Å². The Kier molecular flexibility index (Phi) is 6.92. The van der Waals surface area contributed by atoms with Crippen LogP contribution in [0.2, 0.25) is 0 Å². The molecule has 1 saturated heterocycles. The van der Waals surface area contributed by atoms with Crippen molar-refractivity contribution in [3.63, 3.8) is 0 Å². The number of fused-ring (bicyclic) bond motifs is 3. The summed E-state index contributed by atoms with van der Waals surface area (Å²) in [6.45, 7) is 6.48. The normalized spacial score (nSPS) is 17.5. The van der Waals surface area contributed by atoms with E-state index in [1.54, 1.807) is 13.0 Å². The minimum atomic E-state index is -4.60. The average molecular weight is 463 g/mol. The predicted molar refractivity (Wildman–Crippen MR) is 122 cm³/mol. The number of hydrogen-bond donors (Lipinski definition) is 3. The van der Waals surface area contributed by atoms with Crippen molar-refractivity contribution in [3.05, 3.63) is 47.5 Å². The van der Waals surface area contributed by atoms with Gasteiger partial charge >= 0.3 is 6.18 Å². The molecule has 3 aromatic rings. The van der Waals surface area contributed by atoms with Crippen molar-refractivity contribution in [3.8, 4) is 0 Å². The van der Waals surface area contributed by atoms with E-state index in [2.05, 4.69) is 15.5 Å². The molecule has 0 aliphatic carbocycles. The maximum Gasteiger partial charge on any atom is 0.407 e. The highest BCUT2D eigenvalue weighted by Gasteiger charge is 2.42. The summed E-state index contributed by atoms with van der Waals surface area (Å²) in [4.78, 5) is 14.0. The lowest BCUT2D eigenvalue weighted by Gasteiger charge is -2.27. The predicted octanol–water partition coefficient (Wildman–Crippen LogP) is 3.84. The Morgan fingerprint density at radius 2 is 1.91 bits per heavy atom. The van der Waals surface area contributed by atoms with Crippen LogP contribution in [0.3, 0.4) is 0 Å². The van der Waals surface area contributed by atoms with Gasteiger partial charge in [0, 0.05) is 43.5 Å². The zero-order valence-corrected chi connectivity index (χ0v) is 18.5. The fourth-order valence-electron chi connectivity index (χ4n) is 4.42. The number of furan rings is 1. The van der Waals surface area contributed by atoms with E-state index in [0.29, 0.717) is 17.6 Å². The highest BCUT2D eigenvalue weighted by Crippen LogP contribution is 2.37. The summed E-state index contributed by atoms with van der Waals surface area (Å²) in [6.07, 6.45) is -3.84. The molecule has 2 atom stereocenters. The molecular formula is C24H29F3N4O2. The van der Waals surface area contributed by atoms with E-state index in [0.717, 1.165) is 49.1 Å². The molecule has 1 amide bonds. The number of hydrogen-bond acceptors (Lipinski definition) is 5. The Hall–Kier alpha value is -2.62. The quantitative estimate of drug-likeness (QED) is 0.474. The van der Waals surface area contributed by atoms with E-state index in [4.69, 9.17) is 10.2 Å². The van der Waals surface area contributed by atoms with E-state index in [1.165, 1.54) is 12.1 Å². The van der Waals surface area contributed by atoms with Gasteiger partial charge in [0.05, 0.1) is 6.04 Å². The minimum absolute atomic E-state index is 0.0163. The fourth-order valence-corrected chi connectivity index (χ4v) is 4.42. The second-order valence-electron chi connectivity index (χ2n) is 8.60. The van der Waals surface area contributed by atoms with E-state index >= 15 is 0 Å². The number of rotatable bonds is 8. The number of carbonyl (C=O) groups is 1. The molecule has 0 spiro atoms. The van der Waals surface area contributed by atoms with Crippen LogP contribution in [0.25, 0.3) is 21.9 Å². The average Bonchev–Trinajstić information content (AvgIpc) is 3.13. The molecule has 1 unspecified atom stereocenters. The van der Waals surface area contributed by atoms with E-state index < -0.39 is 24.2 Å². The summed E-state index contributed by atoms with van der Waals surface area (Å²) in [5, 5.41) is 7.38. The van der Waals surface area contributed by atoms with Crippen LogP contribution in [-0.4, -0.2) is 49.2 Å². The van der Waals surface area contributed by atoms with Gasteiger partial charge in [-0.25, -0.2) is 0 Å². The van der Waals surface area contributed by atoms with Crippen molar-refractivity contribution >= 4 is 27.8 Å². The lowest BCUT2D eigenvalue weighted by atomic mass is 10.0. The Morgan fingerprint density at radius 1 is 1.15 bits per heavy atom.